The van der Waals surface area contributed by atoms with E-state index >= 15 is 0 Å². The molecule has 2 aliphatic carbocycles. The Labute approximate surface area is 148 Å². The minimum absolute atomic E-state index is 0.481. The maximum atomic E-state index is 2.29. The largest absolute Gasteiger partial charge is 0.123 e. The molecule has 2 bridgehead atoms. The van der Waals surface area contributed by atoms with Crippen LogP contribution >= 0.6 is 23.5 Å². The molecule has 4 rings (SSSR count). The van der Waals surface area contributed by atoms with E-state index in [0.717, 1.165) is 11.2 Å². The highest BCUT2D eigenvalue weighted by atomic mass is 32.2. The molecule has 2 aliphatic rings. The smallest absolute Gasteiger partial charge is 0.0220 e. The molecule has 0 saturated heterocycles. The minimum Gasteiger partial charge on any atom is -0.123 e. The van der Waals surface area contributed by atoms with Gasteiger partial charge < -0.3 is 0 Å². The van der Waals surface area contributed by atoms with Crippen molar-refractivity contribution in [2.24, 2.45) is 5.92 Å². The zero-order valence-corrected chi connectivity index (χ0v) is 15.1. The summed E-state index contributed by atoms with van der Waals surface area (Å²) in [6.07, 6.45) is 8.47. The molecule has 0 radical (unpaired) electrons. The fourth-order valence-corrected chi connectivity index (χ4v) is 7.57. The van der Waals surface area contributed by atoms with Gasteiger partial charge in [0.2, 0.25) is 0 Å². The lowest BCUT2D eigenvalue weighted by molar-refractivity contribution is 0.222. The van der Waals surface area contributed by atoms with Crippen LogP contribution in [0.2, 0.25) is 0 Å². The standard InChI is InChI=1S/C21H24S2/c1-3-9-18(10-4-1)22-20-14-17-8-7-13-21(15-17,16-20)23-19-11-5-2-6-12-19/h1-6,9-12,17,20H,7-8,13-16H2/t17-,20-,21+/m1/s1. The number of thioether (sulfide) groups is 2. The maximum Gasteiger partial charge on any atom is 0.0220 e. The van der Waals surface area contributed by atoms with Gasteiger partial charge in [-0.2, -0.15) is 0 Å². The third kappa shape index (κ3) is 3.80. The van der Waals surface area contributed by atoms with E-state index in [-0.39, 0.29) is 0 Å². The van der Waals surface area contributed by atoms with E-state index in [9.17, 15) is 0 Å². The normalized spacial score (nSPS) is 30.1. The topological polar surface area (TPSA) is 0 Å². The van der Waals surface area contributed by atoms with Crippen LogP contribution in [0.25, 0.3) is 0 Å². The molecule has 2 fully saturated rings. The van der Waals surface area contributed by atoms with Crippen molar-refractivity contribution in [3.8, 4) is 0 Å². The summed E-state index contributed by atoms with van der Waals surface area (Å²) in [6, 6.07) is 22.1. The summed E-state index contributed by atoms with van der Waals surface area (Å²) in [7, 11) is 0. The average Bonchev–Trinajstić information content (AvgIpc) is 2.56. The molecule has 23 heavy (non-hydrogen) atoms. The molecule has 2 aromatic carbocycles. The summed E-state index contributed by atoms with van der Waals surface area (Å²) in [5, 5.41) is 0.785. The molecule has 0 amide bonds. The van der Waals surface area contributed by atoms with Crippen molar-refractivity contribution in [3.05, 3.63) is 60.7 Å². The molecular weight excluding hydrogens is 316 g/mol. The predicted octanol–water partition coefficient (Wildman–Crippen LogP) is 6.66. The van der Waals surface area contributed by atoms with Gasteiger partial charge in [-0.15, -0.1) is 23.5 Å². The van der Waals surface area contributed by atoms with E-state index in [2.05, 4.69) is 84.2 Å². The van der Waals surface area contributed by atoms with Crippen molar-refractivity contribution in [3.63, 3.8) is 0 Å². The van der Waals surface area contributed by atoms with Crippen LogP contribution in [0.1, 0.15) is 38.5 Å². The first-order chi connectivity index (χ1) is 11.3. The van der Waals surface area contributed by atoms with Crippen LogP contribution in [-0.4, -0.2) is 10.00 Å². The first-order valence-corrected chi connectivity index (χ1v) is 10.5. The molecule has 0 unspecified atom stereocenters. The summed E-state index contributed by atoms with van der Waals surface area (Å²) in [4.78, 5) is 2.90. The SMILES string of the molecule is c1ccc(S[C@@H]2C[C@H]3CCC[C@](Sc4ccccc4)(C3)C2)cc1. The number of fused-ring (bicyclic) bond motifs is 2. The van der Waals surface area contributed by atoms with Crippen LogP contribution in [0.3, 0.4) is 0 Å². The monoisotopic (exact) mass is 340 g/mol. The van der Waals surface area contributed by atoms with Gasteiger partial charge in [-0.1, -0.05) is 49.2 Å². The van der Waals surface area contributed by atoms with Crippen LogP contribution in [0.15, 0.2) is 70.5 Å². The average molecular weight is 341 g/mol. The highest BCUT2D eigenvalue weighted by molar-refractivity contribution is 8.01. The second kappa shape index (κ2) is 6.94. The van der Waals surface area contributed by atoms with Gasteiger partial charge >= 0.3 is 0 Å². The van der Waals surface area contributed by atoms with E-state index in [0.29, 0.717) is 4.75 Å². The molecule has 0 aromatic heterocycles. The quantitative estimate of drug-likeness (QED) is 0.610. The lowest BCUT2D eigenvalue weighted by Gasteiger charge is -2.47. The second-order valence-corrected chi connectivity index (χ2v) is 9.97. The predicted molar refractivity (Wildman–Crippen MR) is 102 cm³/mol. The Morgan fingerprint density at radius 1 is 0.826 bits per heavy atom. The molecule has 2 heteroatoms. The third-order valence-corrected chi connectivity index (χ3v) is 7.94. The fraction of sp³-hybridized carbons (Fsp3) is 0.429. The molecule has 0 spiro atoms. The minimum atomic E-state index is 0.481. The van der Waals surface area contributed by atoms with E-state index in [4.69, 9.17) is 0 Å². The first kappa shape index (κ1) is 15.7. The summed E-state index contributed by atoms with van der Waals surface area (Å²) < 4.78 is 0.481. The Balaban J connectivity index is 1.51. The van der Waals surface area contributed by atoms with Gasteiger partial charge in [-0.05, 0) is 55.9 Å². The molecular formula is C21H24S2. The third-order valence-electron chi connectivity index (χ3n) is 5.22. The highest BCUT2D eigenvalue weighted by Crippen LogP contribution is 2.55. The molecule has 0 nitrogen and oxygen atoms in total. The maximum absolute atomic E-state index is 2.29. The molecule has 120 valence electrons. The van der Waals surface area contributed by atoms with Crippen LogP contribution in [0.5, 0.6) is 0 Å². The fourth-order valence-electron chi connectivity index (χ4n) is 4.35. The van der Waals surface area contributed by atoms with Gasteiger partial charge in [0.1, 0.15) is 0 Å². The van der Waals surface area contributed by atoms with Crippen molar-refractivity contribution in [2.45, 2.75) is 58.3 Å². The number of hydrogen-bond donors (Lipinski definition) is 0. The van der Waals surface area contributed by atoms with Crippen molar-refractivity contribution in [1.29, 1.82) is 0 Å². The van der Waals surface area contributed by atoms with Crippen LogP contribution in [-0.2, 0) is 0 Å². The molecule has 0 heterocycles. The summed E-state index contributed by atoms with van der Waals surface area (Å²) in [5.41, 5.74) is 0. The Hall–Kier alpha value is -0.860. The molecule has 2 aromatic rings. The lowest BCUT2D eigenvalue weighted by atomic mass is 9.71. The van der Waals surface area contributed by atoms with E-state index in [1.807, 2.05) is 0 Å². The van der Waals surface area contributed by atoms with Gasteiger partial charge in [0.05, 0.1) is 0 Å². The van der Waals surface area contributed by atoms with Crippen molar-refractivity contribution in [2.75, 3.05) is 0 Å². The van der Waals surface area contributed by atoms with Gasteiger partial charge in [-0.3, -0.25) is 0 Å². The molecule has 0 N–H and O–H groups in total. The highest BCUT2D eigenvalue weighted by Gasteiger charge is 2.44. The summed E-state index contributed by atoms with van der Waals surface area (Å²) >= 11 is 4.29. The van der Waals surface area contributed by atoms with Crippen LogP contribution < -0.4 is 0 Å². The lowest BCUT2D eigenvalue weighted by Crippen LogP contribution is -2.41. The summed E-state index contributed by atoms with van der Waals surface area (Å²) in [5.74, 6) is 0.940. The number of rotatable bonds is 4. The zero-order chi connectivity index (χ0) is 15.5. The van der Waals surface area contributed by atoms with E-state index < -0.39 is 0 Å². The Morgan fingerprint density at radius 2 is 1.52 bits per heavy atom. The van der Waals surface area contributed by atoms with Gasteiger partial charge in [-0.25, -0.2) is 0 Å². The number of hydrogen-bond acceptors (Lipinski definition) is 2. The molecule has 2 saturated carbocycles. The van der Waals surface area contributed by atoms with Crippen LogP contribution in [0.4, 0.5) is 0 Å². The van der Waals surface area contributed by atoms with Gasteiger partial charge in [0, 0.05) is 19.8 Å². The number of benzene rings is 2. The Morgan fingerprint density at radius 3 is 2.26 bits per heavy atom. The zero-order valence-electron chi connectivity index (χ0n) is 13.5. The molecule has 0 aliphatic heterocycles. The van der Waals surface area contributed by atoms with Crippen molar-refractivity contribution in [1.82, 2.24) is 0 Å². The summed E-state index contributed by atoms with van der Waals surface area (Å²) in [6.45, 7) is 0. The van der Waals surface area contributed by atoms with Crippen LogP contribution in [0, 0.1) is 5.92 Å². The van der Waals surface area contributed by atoms with E-state index in [1.165, 1.54) is 48.3 Å². The Kier molecular flexibility index (Phi) is 4.73. The second-order valence-electron chi connectivity index (χ2n) is 7.05. The first-order valence-electron chi connectivity index (χ1n) is 8.77. The van der Waals surface area contributed by atoms with E-state index in [1.54, 1.807) is 0 Å². The van der Waals surface area contributed by atoms with Gasteiger partial charge in [0.15, 0.2) is 0 Å². The van der Waals surface area contributed by atoms with Gasteiger partial charge in [0.25, 0.3) is 0 Å². The van der Waals surface area contributed by atoms with Crippen molar-refractivity contribution >= 4 is 23.5 Å². The Bertz CT molecular complexity index is 625. The molecule has 3 atom stereocenters. The van der Waals surface area contributed by atoms with Crippen molar-refractivity contribution < 1.29 is 0 Å².